The Morgan fingerprint density at radius 2 is 1.30 bits per heavy atom. The van der Waals surface area contributed by atoms with Gasteiger partial charge in [0.25, 0.3) is 0 Å². The van der Waals surface area contributed by atoms with Crippen LogP contribution in [0.5, 0.6) is 0 Å². The lowest BCUT2D eigenvalue weighted by Crippen LogP contribution is -3.85. The molecule has 159 valence electrons. The van der Waals surface area contributed by atoms with E-state index in [1.807, 2.05) is 48.5 Å². The first-order valence-corrected chi connectivity index (χ1v) is 14.5. The Kier molecular flexibility index (Phi) is 8.02. The van der Waals surface area contributed by atoms with E-state index in [-0.39, 0.29) is 4.90 Å². The van der Waals surface area contributed by atoms with Crippen LogP contribution in [0.1, 0.15) is 37.8 Å². The van der Waals surface area contributed by atoms with Crippen molar-refractivity contribution in [3.05, 3.63) is 96.9 Å². The summed E-state index contributed by atoms with van der Waals surface area (Å²) in [5.41, 5.74) is 2.42. The topological polar surface area (TPSA) is 43.4 Å². The van der Waals surface area contributed by atoms with Gasteiger partial charge in [-0.2, -0.15) is 8.42 Å². The summed E-state index contributed by atoms with van der Waals surface area (Å²) in [5, 5.41) is 0. The first-order chi connectivity index (χ1) is 14.4. The Morgan fingerprint density at radius 1 is 0.800 bits per heavy atom. The first-order valence-electron chi connectivity index (χ1n) is 10.0. The van der Waals surface area contributed by atoms with Gasteiger partial charge in [-0.05, 0) is 68.9 Å². The van der Waals surface area contributed by atoms with Gasteiger partial charge in [-0.1, -0.05) is 57.0 Å². The molecule has 30 heavy (non-hydrogen) atoms. The first kappa shape index (κ1) is 22.9. The molecule has 0 bridgehead atoms. The van der Waals surface area contributed by atoms with Crippen LogP contribution in [0.3, 0.4) is 0 Å². The van der Waals surface area contributed by atoms with E-state index in [1.54, 1.807) is 0 Å². The van der Waals surface area contributed by atoms with Gasteiger partial charge in [0.15, 0.2) is 7.14 Å². The molecular weight excluding hydrogens is 514 g/mol. The van der Waals surface area contributed by atoms with Crippen molar-refractivity contribution in [3.63, 3.8) is 0 Å². The maximum Gasteiger partial charge on any atom is 0.336 e. The predicted molar refractivity (Wildman–Crippen MR) is 113 cm³/mol. The van der Waals surface area contributed by atoms with E-state index in [0.717, 1.165) is 38.9 Å². The summed E-state index contributed by atoms with van der Waals surface area (Å²) >= 11 is -2.77. The van der Waals surface area contributed by atoms with Crippen LogP contribution >= 0.6 is 0 Å². The van der Waals surface area contributed by atoms with Gasteiger partial charge in [-0.3, -0.25) is 0 Å². The van der Waals surface area contributed by atoms with E-state index < -0.39 is 36.2 Å². The molecule has 1 radical (unpaired) electrons. The van der Waals surface area contributed by atoms with E-state index >= 15 is 0 Å². The lowest BCUT2D eigenvalue weighted by atomic mass is 10.1. The van der Waals surface area contributed by atoms with Gasteiger partial charge in [-0.15, -0.1) is 0 Å². The molecule has 0 aliphatic rings. The molecule has 6 heteroatoms. The van der Waals surface area contributed by atoms with Crippen molar-refractivity contribution in [3.8, 4) is 0 Å². The van der Waals surface area contributed by atoms with Crippen molar-refractivity contribution in [2.45, 2.75) is 44.4 Å². The van der Waals surface area contributed by atoms with E-state index in [9.17, 15) is 12.8 Å². The summed E-state index contributed by atoms with van der Waals surface area (Å²) in [7, 11) is -4.09. The number of rotatable bonds is 9. The van der Waals surface area contributed by atoms with Crippen LogP contribution in [-0.4, -0.2) is 8.42 Å². The van der Waals surface area contributed by atoms with Crippen LogP contribution in [0, 0.1) is 13.0 Å². The van der Waals surface area contributed by atoms with Crippen molar-refractivity contribution in [2.75, 3.05) is 0 Å². The lowest BCUT2D eigenvalue weighted by molar-refractivity contribution is -1.03. The standard InChI is InChI=1S/C24H26FIO3S/c1-3-6-19-10-14-22(15-11-19)26(23-16-12-20(7-4-2)13-17-23)29-30(27,28)24-9-5-8-21(25)18-24/h5,8-18H,3-4,6-7H2,1-2H3/q+1. The Labute approximate surface area is 186 Å². The maximum atomic E-state index is 13.6. The third kappa shape index (κ3) is 5.89. The van der Waals surface area contributed by atoms with Gasteiger partial charge >= 0.3 is 30.4 Å². The smallest absolute Gasteiger partial charge is 0.207 e. The van der Waals surface area contributed by atoms with Crippen molar-refractivity contribution >= 4 is 10.1 Å². The van der Waals surface area contributed by atoms with E-state index in [2.05, 4.69) is 13.8 Å². The van der Waals surface area contributed by atoms with Crippen LogP contribution < -0.4 is 20.2 Å². The fraction of sp³-hybridized carbons (Fsp3) is 0.250. The highest BCUT2D eigenvalue weighted by molar-refractivity contribution is 7.86. The van der Waals surface area contributed by atoms with Gasteiger partial charge in [0.05, 0.1) is 0 Å². The van der Waals surface area contributed by atoms with Gasteiger partial charge < -0.3 is 0 Å². The molecule has 3 aromatic carbocycles. The maximum absolute atomic E-state index is 13.6. The highest BCUT2D eigenvalue weighted by atomic mass is 127. The Balaban J connectivity index is 1.98. The summed E-state index contributed by atoms with van der Waals surface area (Å²) < 4.78 is 47.1. The van der Waals surface area contributed by atoms with Crippen LogP contribution in [0.25, 0.3) is 0 Å². The number of halogens is 2. The second kappa shape index (κ2) is 10.5. The fourth-order valence-electron chi connectivity index (χ4n) is 3.05. The van der Waals surface area contributed by atoms with Crippen LogP contribution in [0.4, 0.5) is 4.39 Å². The molecule has 0 aromatic heterocycles. The molecule has 0 N–H and O–H groups in total. The highest BCUT2D eigenvalue weighted by Gasteiger charge is 2.37. The van der Waals surface area contributed by atoms with Crippen molar-refractivity contribution in [2.24, 2.45) is 0 Å². The second-order valence-corrected chi connectivity index (χ2v) is 13.5. The molecule has 0 atom stereocenters. The fourth-order valence-corrected chi connectivity index (χ4v) is 9.97. The average Bonchev–Trinajstić information content (AvgIpc) is 2.74. The molecule has 0 saturated heterocycles. The molecular formula is C24H26FIO3S+. The lowest BCUT2D eigenvalue weighted by Gasteiger charge is -2.08. The SMILES string of the molecule is CCCc1ccc([I+](OS(=O)(=O)c2cccc(F)c2)c2ccc(CCC)cc2)cc1. The minimum Gasteiger partial charge on any atom is -0.207 e. The summed E-state index contributed by atoms with van der Waals surface area (Å²) in [4.78, 5) is -0.157. The van der Waals surface area contributed by atoms with E-state index in [4.69, 9.17) is 2.51 Å². The Hall–Kier alpha value is -1.77. The zero-order chi connectivity index (χ0) is 21.6. The zero-order valence-electron chi connectivity index (χ0n) is 17.1. The molecule has 3 nitrogen and oxygen atoms in total. The summed E-state index contributed by atoms with van der Waals surface area (Å²) in [6.07, 6.45) is 4.04. The number of benzene rings is 3. The third-order valence-corrected chi connectivity index (χ3v) is 11.9. The van der Waals surface area contributed by atoms with Crippen LogP contribution in [-0.2, 0) is 25.5 Å². The molecule has 0 unspecified atom stereocenters. The van der Waals surface area contributed by atoms with Crippen molar-refractivity contribution < 1.29 is 35.6 Å². The van der Waals surface area contributed by atoms with Gasteiger partial charge in [-0.25, -0.2) is 4.39 Å². The Bertz CT molecular complexity index is 1010. The second-order valence-electron chi connectivity index (χ2n) is 6.98. The number of hydrogen-bond acceptors (Lipinski definition) is 3. The van der Waals surface area contributed by atoms with Crippen LogP contribution in [0.2, 0.25) is 0 Å². The minimum absolute atomic E-state index is 0.157. The molecule has 0 fully saturated rings. The van der Waals surface area contributed by atoms with E-state index in [0.29, 0.717) is 0 Å². The predicted octanol–water partition coefficient (Wildman–Crippen LogP) is 2.72. The van der Waals surface area contributed by atoms with Gasteiger partial charge in [0.1, 0.15) is 10.7 Å². The third-order valence-electron chi connectivity index (χ3n) is 4.53. The minimum atomic E-state index is -4.09. The van der Waals surface area contributed by atoms with Crippen LogP contribution in [0.15, 0.2) is 77.7 Å². The molecule has 3 rings (SSSR count). The monoisotopic (exact) mass is 540 g/mol. The Morgan fingerprint density at radius 3 is 1.73 bits per heavy atom. The molecule has 0 spiro atoms. The molecule has 0 saturated carbocycles. The molecule has 0 heterocycles. The molecule has 3 aromatic rings. The van der Waals surface area contributed by atoms with Crippen molar-refractivity contribution in [1.82, 2.24) is 0 Å². The number of hydrogen-bond donors (Lipinski definition) is 0. The molecule has 0 aliphatic carbocycles. The summed E-state index contributed by atoms with van der Waals surface area (Å²) in [5.74, 6) is -0.604. The molecule has 0 amide bonds. The quantitative estimate of drug-likeness (QED) is 0.393. The zero-order valence-corrected chi connectivity index (χ0v) is 20.1. The summed E-state index contributed by atoms with van der Waals surface area (Å²) in [6.45, 7) is 4.25. The highest BCUT2D eigenvalue weighted by Crippen LogP contribution is 2.11. The normalized spacial score (nSPS) is 11.7. The summed E-state index contributed by atoms with van der Waals surface area (Å²) in [6, 6.07) is 21.0. The molecule has 0 aliphatic heterocycles. The average molecular weight is 540 g/mol. The van der Waals surface area contributed by atoms with Crippen molar-refractivity contribution in [1.29, 1.82) is 0 Å². The van der Waals surface area contributed by atoms with Gasteiger partial charge in [0.2, 0.25) is 0 Å². The van der Waals surface area contributed by atoms with Gasteiger partial charge in [0, 0.05) is 0 Å². The number of aryl methyl sites for hydroxylation is 2. The largest absolute Gasteiger partial charge is 0.336 e. The van der Waals surface area contributed by atoms with E-state index in [1.165, 1.54) is 29.3 Å².